The van der Waals surface area contributed by atoms with Gasteiger partial charge < -0.3 is 0 Å². The summed E-state index contributed by atoms with van der Waals surface area (Å²) in [6, 6.07) is 16.3. The molecule has 0 saturated carbocycles. The molecule has 0 amide bonds. The van der Waals surface area contributed by atoms with E-state index in [1.165, 1.54) is 24.9 Å². The molecule has 3 aromatic rings. The highest BCUT2D eigenvalue weighted by Gasteiger charge is 2.17. The summed E-state index contributed by atoms with van der Waals surface area (Å²) in [5, 5.41) is 9.07. The highest BCUT2D eigenvalue weighted by atomic mass is 32.2. The molecule has 2 aromatic carbocycles. The lowest BCUT2D eigenvalue weighted by molar-refractivity contribution is 0.587. The van der Waals surface area contributed by atoms with Crippen molar-refractivity contribution in [3.05, 3.63) is 66.0 Å². The summed E-state index contributed by atoms with van der Waals surface area (Å²) in [6.45, 7) is 0.495. The first-order valence-electron chi connectivity index (χ1n) is 8.76. The molecule has 1 aromatic heterocycles. The maximum absolute atomic E-state index is 14.3. The van der Waals surface area contributed by atoms with Crippen LogP contribution in [0.3, 0.4) is 0 Å². The molecular formula is C19H21FN4O2S2. The molecular weight excluding hydrogens is 399 g/mol. The van der Waals surface area contributed by atoms with E-state index < -0.39 is 10.0 Å². The Morgan fingerprint density at radius 1 is 1.07 bits per heavy atom. The zero-order valence-electron chi connectivity index (χ0n) is 15.4. The molecule has 3 rings (SSSR count). The van der Waals surface area contributed by atoms with Crippen LogP contribution in [0.15, 0.2) is 59.8 Å². The van der Waals surface area contributed by atoms with Gasteiger partial charge in [0.1, 0.15) is 5.82 Å². The number of sulfonamides is 1. The maximum atomic E-state index is 14.3. The van der Waals surface area contributed by atoms with Crippen LogP contribution in [0.2, 0.25) is 0 Å². The number of halogens is 1. The van der Waals surface area contributed by atoms with Gasteiger partial charge in [-0.1, -0.05) is 54.2 Å². The van der Waals surface area contributed by atoms with Crippen molar-refractivity contribution in [2.75, 3.05) is 18.6 Å². The maximum Gasteiger partial charge on any atom is 0.211 e. The zero-order chi connectivity index (χ0) is 20.0. The third-order valence-corrected chi connectivity index (χ3v) is 6.62. The standard InChI is InChI=1S/C19H21FN4O2S2/c1-21-28(25,26)13-7-12-27-19-23-22-18(16-10-5-6-11-17(16)20)24(19)14-15-8-3-2-4-9-15/h2-6,8-11,21H,7,12-14H2,1H3. The van der Waals surface area contributed by atoms with Crippen LogP contribution < -0.4 is 4.72 Å². The Labute approximate surface area is 168 Å². The van der Waals surface area contributed by atoms with Gasteiger partial charge in [-0.2, -0.15) is 0 Å². The number of thioether (sulfide) groups is 1. The molecule has 6 nitrogen and oxygen atoms in total. The van der Waals surface area contributed by atoms with Crippen molar-refractivity contribution >= 4 is 21.8 Å². The topological polar surface area (TPSA) is 76.9 Å². The average molecular weight is 421 g/mol. The van der Waals surface area contributed by atoms with E-state index >= 15 is 0 Å². The second-order valence-corrected chi connectivity index (χ2v) is 9.19. The number of hydrogen-bond acceptors (Lipinski definition) is 5. The Hall–Kier alpha value is -2.23. The smallest absolute Gasteiger partial charge is 0.211 e. The van der Waals surface area contributed by atoms with Crippen molar-refractivity contribution in [1.82, 2.24) is 19.5 Å². The molecule has 0 fully saturated rings. The Kier molecular flexibility index (Phi) is 6.82. The second-order valence-electron chi connectivity index (χ2n) is 6.08. The molecule has 1 N–H and O–H groups in total. The van der Waals surface area contributed by atoms with E-state index in [0.29, 0.717) is 35.3 Å². The van der Waals surface area contributed by atoms with E-state index in [-0.39, 0.29) is 11.6 Å². The SMILES string of the molecule is CNS(=O)(=O)CCCSc1nnc(-c2ccccc2F)n1Cc1ccccc1. The van der Waals surface area contributed by atoms with Gasteiger partial charge in [0.05, 0.1) is 17.9 Å². The number of benzene rings is 2. The third-order valence-electron chi connectivity index (χ3n) is 4.11. The molecule has 9 heteroatoms. The van der Waals surface area contributed by atoms with E-state index in [2.05, 4.69) is 14.9 Å². The van der Waals surface area contributed by atoms with Crippen molar-refractivity contribution in [2.45, 2.75) is 18.1 Å². The summed E-state index contributed by atoms with van der Waals surface area (Å²) in [5.74, 6) is 0.697. The summed E-state index contributed by atoms with van der Waals surface area (Å²) in [7, 11) is -1.83. The molecule has 0 bridgehead atoms. The van der Waals surface area contributed by atoms with Gasteiger partial charge in [-0.3, -0.25) is 4.57 Å². The van der Waals surface area contributed by atoms with Crippen LogP contribution in [-0.2, 0) is 16.6 Å². The minimum Gasteiger partial charge on any atom is -0.297 e. The minimum atomic E-state index is -3.23. The summed E-state index contributed by atoms with van der Waals surface area (Å²) < 4.78 is 41.6. The monoisotopic (exact) mass is 420 g/mol. The van der Waals surface area contributed by atoms with Crippen LogP contribution in [0.5, 0.6) is 0 Å². The van der Waals surface area contributed by atoms with Crippen molar-refractivity contribution < 1.29 is 12.8 Å². The lowest BCUT2D eigenvalue weighted by atomic mass is 10.2. The van der Waals surface area contributed by atoms with Gasteiger partial charge in [-0.25, -0.2) is 17.5 Å². The molecule has 0 unspecified atom stereocenters. The number of nitrogens with one attached hydrogen (secondary N) is 1. The molecule has 0 atom stereocenters. The molecule has 0 radical (unpaired) electrons. The van der Waals surface area contributed by atoms with Gasteiger partial charge in [-0.15, -0.1) is 10.2 Å². The van der Waals surface area contributed by atoms with Gasteiger partial charge in [0, 0.05) is 5.75 Å². The quantitative estimate of drug-likeness (QED) is 0.425. The molecule has 0 aliphatic heterocycles. The van der Waals surface area contributed by atoms with Crippen LogP contribution in [0.4, 0.5) is 4.39 Å². The Bertz CT molecular complexity index is 1020. The van der Waals surface area contributed by atoms with E-state index in [4.69, 9.17) is 0 Å². The Balaban J connectivity index is 1.84. The Morgan fingerprint density at radius 3 is 2.50 bits per heavy atom. The Morgan fingerprint density at radius 2 is 1.79 bits per heavy atom. The zero-order valence-corrected chi connectivity index (χ0v) is 17.0. The number of hydrogen-bond donors (Lipinski definition) is 1. The van der Waals surface area contributed by atoms with Crippen molar-refractivity contribution in [2.24, 2.45) is 0 Å². The minimum absolute atomic E-state index is 0.0451. The van der Waals surface area contributed by atoms with Gasteiger partial charge in [-0.05, 0) is 31.2 Å². The van der Waals surface area contributed by atoms with E-state index in [1.54, 1.807) is 18.2 Å². The summed E-state index contributed by atoms with van der Waals surface area (Å²) >= 11 is 1.41. The molecule has 0 saturated heterocycles. The average Bonchev–Trinajstić information content (AvgIpc) is 3.09. The van der Waals surface area contributed by atoms with Gasteiger partial charge in [0.15, 0.2) is 11.0 Å². The number of rotatable bonds is 9. The van der Waals surface area contributed by atoms with Crippen LogP contribution in [-0.4, -0.2) is 41.7 Å². The highest BCUT2D eigenvalue weighted by Crippen LogP contribution is 2.27. The predicted molar refractivity (Wildman–Crippen MR) is 109 cm³/mol. The van der Waals surface area contributed by atoms with Crippen LogP contribution in [0, 0.1) is 5.82 Å². The first kappa shape index (κ1) is 20.5. The largest absolute Gasteiger partial charge is 0.297 e. The fraction of sp³-hybridized carbons (Fsp3) is 0.263. The molecule has 0 spiro atoms. The van der Waals surface area contributed by atoms with Crippen molar-refractivity contribution in [3.63, 3.8) is 0 Å². The lowest BCUT2D eigenvalue weighted by Crippen LogP contribution is -2.22. The van der Waals surface area contributed by atoms with Gasteiger partial charge >= 0.3 is 0 Å². The predicted octanol–water partition coefficient (Wildman–Crippen LogP) is 3.16. The first-order valence-corrected chi connectivity index (χ1v) is 11.4. The molecule has 0 aliphatic carbocycles. The highest BCUT2D eigenvalue weighted by molar-refractivity contribution is 7.99. The van der Waals surface area contributed by atoms with Crippen LogP contribution in [0.1, 0.15) is 12.0 Å². The normalized spacial score (nSPS) is 11.6. The fourth-order valence-corrected chi connectivity index (χ4v) is 4.45. The summed E-state index contributed by atoms with van der Waals surface area (Å²) in [4.78, 5) is 0. The van der Waals surface area contributed by atoms with Gasteiger partial charge in [0.2, 0.25) is 10.0 Å². The van der Waals surface area contributed by atoms with Gasteiger partial charge in [0.25, 0.3) is 0 Å². The van der Waals surface area contributed by atoms with Crippen molar-refractivity contribution in [1.29, 1.82) is 0 Å². The van der Waals surface area contributed by atoms with E-state index in [9.17, 15) is 12.8 Å². The fourth-order valence-electron chi connectivity index (χ4n) is 2.66. The molecule has 28 heavy (non-hydrogen) atoms. The third kappa shape index (κ3) is 5.18. The summed E-state index contributed by atoms with van der Waals surface area (Å²) in [6.07, 6.45) is 0.473. The number of aromatic nitrogens is 3. The number of nitrogens with zero attached hydrogens (tertiary/aromatic N) is 3. The lowest BCUT2D eigenvalue weighted by Gasteiger charge is -2.11. The molecule has 148 valence electrons. The van der Waals surface area contributed by atoms with E-state index in [0.717, 1.165) is 5.56 Å². The van der Waals surface area contributed by atoms with Crippen molar-refractivity contribution in [3.8, 4) is 11.4 Å². The molecule has 0 aliphatic rings. The van der Waals surface area contributed by atoms with Crippen LogP contribution in [0.25, 0.3) is 11.4 Å². The first-order chi connectivity index (χ1) is 13.5. The second kappa shape index (κ2) is 9.31. The summed E-state index contributed by atoms with van der Waals surface area (Å²) in [5.41, 5.74) is 1.43. The van der Waals surface area contributed by atoms with E-state index in [1.807, 2.05) is 34.9 Å². The van der Waals surface area contributed by atoms with Crippen LogP contribution >= 0.6 is 11.8 Å². The molecule has 1 heterocycles.